The monoisotopic (exact) mass is 281 g/mol. The van der Waals surface area contributed by atoms with Crippen molar-refractivity contribution in [3.63, 3.8) is 0 Å². The van der Waals surface area contributed by atoms with E-state index >= 15 is 0 Å². The summed E-state index contributed by atoms with van der Waals surface area (Å²) in [6.07, 6.45) is 2.96. The number of hydrogen-bond acceptors (Lipinski definition) is 6. The smallest absolute Gasteiger partial charge is 0.218 e. The third-order valence-corrected chi connectivity index (χ3v) is 3.00. The van der Waals surface area contributed by atoms with Crippen LogP contribution in [0.15, 0.2) is 6.07 Å². The van der Waals surface area contributed by atoms with Crippen LogP contribution >= 0.6 is 0 Å². The molecule has 0 bridgehead atoms. The average Bonchev–Trinajstić information content (AvgIpc) is 2.99. The van der Waals surface area contributed by atoms with Gasteiger partial charge in [-0.05, 0) is 19.3 Å². The zero-order chi connectivity index (χ0) is 14.2. The first-order valence-corrected chi connectivity index (χ1v) is 7.19. The second-order valence-electron chi connectivity index (χ2n) is 4.72. The normalized spacial score (nSPS) is 18.2. The van der Waals surface area contributed by atoms with E-state index in [9.17, 15) is 0 Å². The quantitative estimate of drug-likeness (QED) is 0.737. The second kappa shape index (κ2) is 8.01. The van der Waals surface area contributed by atoms with Crippen molar-refractivity contribution in [3.05, 3.63) is 11.9 Å². The van der Waals surface area contributed by atoms with E-state index in [1.165, 1.54) is 0 Å². The molecular weight excluding hydrogens is 258 g/mol. The number of aromatic nitrogens is 2. The molecule has 0 aliphatic carbocycles. The van der Waals surface area contributed by atoms with Crippen molar-refractivity contribution < 1.29 is 14.2 Å². The zero-order valence-corrected chi connectivity index (χ0v) is 12.2. The highest BCUT2D eigenvalue weighted by Gasteiger charge is 2.22. The SMILES string of the molecule is CCCOc1cc(NCCOC)nc(C2CCCO2)n1. The lowest BCUT2D eigenvalue weighted by Gasteiger charge is -2.13. The molecule has 1 aliphatic heterocycles. The number of nitrogens with one attached hydrogen (secondary N) is 1. The lowest BCUT2D eigenvalue weighted by Crippen LogP contribution is -2.12. The Morgan fingerprint density at radius 2 is 2.30 bits per heavy atom. The van der Waals surface area contributed by atoms with Gasteiger partial charge in [-0.1, -0.05) is 6.92 Å². The summed E-state index contributed by atoms with van der Waals surface area (Å²) in [4.78, 5) is 8.96. The summed E-state index contributed by atoms with van der Waals surface area (Å²) in [6, 6.07) is 1.82. The highest BCUT2D eigenvalue weighted by molar-refractivity contribution is 5.38. The minimum atomic E-state index is -0.0110. The van der Waals surface area contributed by atoms with E-state index < -0.39 is 0 Å². The van der Waals surface area contributed by atoms with Crippen LogP contribution in [0.4, 0.5) is 5.82 Å². The predicted molar refractivity (Wildman–Crippen MR) is 76.1 cm³/mol. The van der Waals surface area contributed by atoms with E-state index in [-0.39, 0.29) is 6.10 Å². The van der Waals surface area contributed by atoms with Gasteiger partial charge < -0.3 is 19.5 Å². The third kappa shape index (κ3) is 4.31. The maximum atomic E-state index is 5.65. The molecule has 1 aromatic rings. The summed E-state index contributed by atoms with van der Waals surface area (Å²) >= 11 is 0. The van der Waals surface area contributed by atoms with E-state index in [4.69, 9.17) is 14.2 Å². The number of nitrogens with zero attached hydrogens (tertiary/aromatic N) is 2. The maximum Gasteiger partial charge on any atom is 0.218 e. The van der Waals surface area contributed by atoms with Crippen molar-refractivity contribution in [2.24, 2.45) is 0 Å². The highest BCUT2D eigenvalue weighted by Crippen LogP contribution is 2.28. The molecule has 0 saturated carbocycles. The van der Waals surface area contributed by atoms with Gasteiger partial charge in [-0.3, -0.25) is 0 Å². The van der Waals surface area contributed by atoms with E-state index in [0.717, 1.165) is 31.7 Å². The fourth-order valence-corrected chi connectivity index (χ4v) is 2.02. The van der Waals surface area contributed by atoms with Crippen LogP contribution < -0.4 is 10.1 Å². The molecule has 112 valence electrons. The molecule has 1 aromatic heterocycles. The molecule has 2 rings (SSSR count). The highest BCUT2D eigenvalue weighted by atomic mass is 16.5. The van der Waals surface area contributed by atoms with Crippen molar-refractivity contribution in [3.8, 4) is 5.88 Å². The molecule has 0 amide bonds. The fourth-order valence-electron chi connectivity index (χ4n) is 2.02. The first-order chi connectivity index (χ1) is 9.83. The molecule has 1 atom stereocenters. The minimum absolute atomic E-state index is 0.0110. The van der Waals surface area contributed by atoms with Gasteiger partial charge in [0.1, 0.15) is 11.9 Å². The van der Waals surface area contributed by atoms with Crippen molar-refractivity contribution in [2.75, 3.05) is 38.8 Å². The Morgan fingerprint density at radius 3 is 3.00 bits per heavy atom. The van der Waals surface area contributed by atoms with Gasteiger partial charge in [0.25, 0.3) is 0 Å². The Bertz CT molecular complexity index is 409. The van der Waals surface area contributed by atoms with E-state index in [0.29, 0.717) is 31.5 Å². The summed E-state index contributed by atoms with van der Waals surface area (Å²) in [6.45, 7) is 4.83. The van der Waals surface area contributed by atoms with Crippen LogP contribution in [-0.2, 0) is 9.47 Å². The van der Waals surface area contributed by atoms with E-state index in [1.807, 2.05) is 6.07 Å². The largest absolute Gasteiger partial charge is 0.478 e. The zero-order valence-electron chi connectivity index (χ0n) is 12.2. The summed E-state index contributed by atoms with van der Waals surface area (Å²) in [7, 11) is 1.68. The minimum Gasteiger partial charge on any atom is -0.478 e. The summed E-state index contributed by atoms with van der Waals surface area (Å²) < 4.78 is 16.3. The predicted octanol–water partition coefficient (Wildman–Crippen LogP) is 2.18. The Kier molecular flexibility index (Phi) is 6.01. The van der Waals surface area contributed by atoms with Crippen LogP contribution in [0.2, 0.25) is 0 Å². The Morgan fingerprint density at radius 1 is 1.40 bits per heavy atom. The molecule has 6 heteroatoms. The molecular formula is C14H23N3O3. The van der Waals surface area contributed by atoms with Gasteiger partial charge in [0.05, 0.1) is 13.2 Å². The molecule has 1 N–H and O–H groups in total. The van der Waals surface area contributed by atoms with Gasteiger partial charge in [0, 0.05) is 26.3 Å². The van der Waals surface area contributed by atoms with Crippen molar-refractivity contribution in [1.29, 1.82) is 0 Å². The molecule has 6 nitrogen and oxygen atoms in total. The van der Waals surface area contributed by atoms with Crippen LogP contribution in [0, 0.1) is 0 Å². The second-order valence-corrected chi connectivity index (χ2v) is 4.72. The maximum absolute atomic E-state index is 5.65. The fraction of sp³-hybridized carbons (Fsp3) is 0.714. The van der Waals surface area contributed by atoms with Gasteiger partial charge in [0.2, 0.25) is 5.88 Å². The molecule has 2 heterocycles. The van der Waals surface area contributed by atoms with Crippen molar-refractivity contribution >= 4 is 5.82 Å². The standard InChI is InChI=1S/C14H23N3O3/c1-3-7-20-13-10-12(15-6-9-18-2)16-14(17-13)11-5-4-8-19-11/h10-11H,3-9H2,1-2H3,(H,15,16,17). The van der Waals surface area contributed by atoms with Gasteiger partial charge >= 0.3 is 0 Å². The van der Waals surface area contributed by atoms with Crippen LogP contribution in [0.3, 0.4) is 0 Å². The molecule has 0 spiro atoms. The summed E-state index contributed by atoms with van der Waals surface area (Å²) in [5, 5.41) is 3.21. The van der Waals surface area contributed by atoms with Crippen LogP contribution in [0.1, 0.15) is 38.1 Å². The van der Waals surface area contributed by atoms with Crippen molar-refractivity contribution in [1.82, 2.24) is 9.97 Å². The van der Waals surface area contributed by atoms with Crippen LogP contribution in [0.5, 0.6) is 5.88 Å². The van der Waals surface area contributed by atoms with E-state index in [1.54, 1.807) is 7.11 Å². The van der Waals surface area contributed by atoms with Gasteiger partial charge in [0.15, 0.2) is 5.82 Å². The molecule has 1 saturated heterocycles. The Balaban J connectivity index is 2.09. The molecule has 0 radical (unpaired) electrons. The number of ether oxygens (including phenoxy) is 3. The average molecular weight is 281 g/mol. The van der Waals surface area contributed by atoms with Crippen LogP contribution in [-0.4, -0.2) is 43.4 Å². The number of hydrogen-bond donors (Lipinski definition) is 1. The van der Waals surface area contributed by atoms with Crippen molar-refractivity contribution in [2.45, 2.75) is 32.3 Å². The third-order valence-electron chi connectivity index (χ3n) is 3.00. The Hall–Kier alpha value is -1.40. The molecule has 1 aliphatic rings. The lowest BCUT2D eigenvalue weighted by atomic mass is 10.2. The molecule has 1 unspecified atom stereocenters. The first-order valence-electron chi connectivity index (χ1n) is 7.19. The topological polar surface area (TPSA) is 65.5 Å². The molecule has 1 fully saturated rings. The number of anilines is 1. The summed E-state index contributed by atoms with van der Waals surface area (Å²) in [5.41, 5.74) is 0. The summed E-state index contributed by atoms with van der Waals surface area (Å²) in [5.74, 6) is 2.07. The number of rotatable bonds is 8. The van der Waals surface area contributed by atoms with Gasteiger partial charge in [-0.2, -0.15) is 4.98 Å². The van der Waals surface area contributed by atoms with Gasteiger partial charge in [-0.25, -0.2) is 4.98 Å². The van der Waals surface area contributed by atoms with Gasteiger partial charge in [-0.15, -0.1) is 0 Å². The molecule has 20 heavy (non-hydrogen) atoms. The van der Waals surface area contributed by atoms with E-state index in [2.05, 4.69) is 22.2 Å². The number of methoxy groups -OCH3 is 1. The first kappa shape index (κ1) is 15.0. The van der Waals surface area contributed by atoms with Crippen LogP contribution in [0.25, 0.3) is 0 Å². The Labute approximate surface area is 119 Å². The molecule has 0 aromatic carbocycles. The lowest BCUT2D eigenvalue weighted by molar-refractivity contribution is 0.104.